The van der Waals surface area contributed by atoms with Crippen molar-refractivity contribution < 1.29 is 24.5 Å². The summed E-state index contributed by atoms with van der Waals surface area (Å²) in [6.45, 7) is 4.00. The minimum absolute atomic E-state index is 0.199. The van der Waals surface area contributed by atoms with Gasteiger partial charge in [-0.15, -0.1) is 0 Å². The average molecular weight is 302 g/mol. The van der Waals surface area contributed by atoms with E-state index in [-0.39, 0.29) is 22.7 Å². The van der Waals surface area contributed by atoms with Crippen LogP contribution in [0.1, 0.15) is 40.1 Å². The van der Waals surface area contributed by atoms with Gasteiger partial charge in [0.25, 0.3) is 0 Å². The second-order valence-electron chi connectivity index (χ2n) is 4.09. The maximum absolute atomic E-state index is 12.2. The molecule has 0 unspecified atom stereocenters. The molecule has 0 aliphatic heterocycles. The second-order valence-corrected chi connectivity index (χ2v) is 4.09. The first-order valence-electron chi connectivity index (χ1n) is 6.78. The molecule has 2 aromatic carbocycles. The van der Waals surface area contributed by atoms with Crippen molar-refractivity contribution in [2.45, 2.75) is 13.8 Å². The van der Waals surface area contributed by atoms with Crippen molar-refractivity contribution >= 4 is 11.8 Å². The lowest BCUT2D eigenvalue weighted by molar-refractivity contribution is 0.0693. The van der Waals surface area contributed by atoms with Gasteiger partial charge in [0, 0.05) is 11.1 Å². The first kappa shape index (κ1) is 17.2. The molecule has 2 N–H and O–H groups in total. The molecule has 0 atom stereocenters. The lowest BCUT2D eigenvalue weighted by atomic mass is 10.0. The van der Waals surface area contributed by atoms with E-state index in [1.165, 1.54) is 19.2 Å². The van der Waals surface area contributed by atoms with Gasteiger partial charge in [-0.25, -0.2) is 4.79 Å². The van der Waals surface area contributed by atoms with Crippen molar-refractivity contribution in [1.29, 1.82) is 0 Å². The standard InChI is InChI=1S/C15H12O5.C2H6/c1-20-11-5-2-9(3-6-11)14(17)10-4-7-13(16)12(8-10)15(18)19;1-2/h2-8,16H,1H3,(H,18,19);1-2H3. The average Bonchev–Trinajstić information content (AvgIpc) is 2.56. The van der Waals surface area contributed by atoms with Crippen LogP contribution in [-0.4, -0.2) is 29.1 Å². The Balaban J connectivity index is 0.00000116. The number of benzene rings is 2. The third-order valence-electron chi connectivity index (χ3n) is 2.84. The number of hydrogen-bond donors (Lipinski definition) is 2. The lowest BCUT2D eigenvalue weighted by Gasteiger charge is -2.05. The molecular formula is C17H18O5. The number of ether oxygens (including phenoxy) is 1. The maximum Gasteiger partial charge on any atom is 0.339 e. The van der Waals surface area contributed by atoms with Crippen molar-refractivity contribution in [2.75, 3.05) is 7.11 Å². The van der Waals surface area contributed by atoms with Crippen molar-refractivity contribution in [1.82, 2.24) is 0 Å². The fourth-order valence-corrected chi connectivity index (χ4v) is 1.76. The summed E-state index contributed by atoms with van der Waals surface area (Å²) in [5.41, 5.74) is 0.308. The van der Waals surface area contributed by atoms with Crippen molar-refractivity contribution in [3.05, 3.63) is 59.2 Å². The van der Waals surface area contributed by atoms with E-state index in [9.17, 15) is 14.7 Å². The van der Waals surface area contributed by atoms with Crippen molar-refractivity contribution in [3.63, 3.8) is 0 Å². The number of carboxylic acid groups (broad SMARTS) is 1. The van der Waals surface area contributed by atoms with Crippen LogP contribution < -0.4 is 4.74 Å². The van der Waals surface area contributed by atoms with E-state index >= 15 is 0 Å². The number of aromatic carboxylic acids is 1. The quantitative estimate of drug-likeness (QED) is 0.846. The van der Waals surface area contributed by atoms with Gasteiger partial charge in [0.1, 0.15) is 17.1 Å². The summed E-state index contributed by atoms with van der Waals surface area (Å²) in [6.07, 6.45) is 0. The van der Waals surface area contributed by atoms with Gasteiger partial charge in [-0.05, 0) is 42.5 Å². The Morgan fingerprint density at radius 1 is 0.955 bits per heavy atom. The molecule has 0 fully saturated rings. The molecule has 0 aromatic heterocycles. The van der Waals surface area contributed by atoms with Gasteiger partial charge in [-0.3, -0.25) is 4.79 Å². The molecule has 0 aliphatic rings. The van der Waals surface area contributed by atoms with E-state index in [0.29, 0.717) is 11.3 Å². The monoisotopic (exact) mass is 302 g/mol. The molecule has 5 heteroatoms. The minimum Gasteiger partial charge on any atom is -0.507 e. The highest BCUT2D eigenvalue weighted by Gasteiger charge is 2.15. The van der Waals surface area contributed by atoms with Gasteiger partial charge < -0.3 is 14.9 Å². The molecule has 0 amide bonds. The Morgan fingerprint density at radius 2 is 1.50 bits per heavy atom. The van der Waals surface area contributed by atoms with Crippen molar-refractivity contribution in [2.24, 2.45) is 0 Å². The van der Waals surface area contributed by atoms with Gasteiger partial charge in [-0.2, -0.15) is 0 Å². The number of carbonyl (C=O) groups is 2. The Bertz CT molecular complexity index is 659. The van der Waals surface area contributed by atoms with Crippen LogP contribution in [0.5, 0.6) is 11.5 Å². The van der Waals surface area contributed by atoms with Gasteiger partial charge in [-0.1, -0.05) is 13.8 Å². The molecule has 2 aromatic rings. The summed E-state index contributed by atoms with van der Waals surface area (Å²) in [5.74, 6) is -1.36. The van der Waals surface area contributed by atoms with Gasteiger partial charge in [0.2, 0.25) is 0 Å². The molecule has 0 heterocycles. The number of hydrogen-bond acceptors (Lipinski definition) is 4. The minimum atomic E-state index is -1.29. The molecule has 5 nitrogen and oxygen atoms in total. The van der Waals surface area contributed by atoms with Crippen molar-refractivity contribution in [3.8, 4) is 11.5 Å². The second kappa shape index (κ2) is 7.83. The van der Waals surface area contributed by atoms with E-state index in [0.717, 1.165) is 6.07 Å². The Kier molecular flexibility index (Phi) is 6.13. The topological polar surface area (TPSA) is 83.8 Å². The molecule has 116 valence electrons. The third-order valence-corrected chi connectivity index (χ3v) is 2.84. The zero-order valence-corrected chi connectivity index (χ0v) is 12.7. The van der Waals surface area contributed by atoms with Crippen LogP contribution in [0.4, 0.5) is 0 Å². The summed E-state index contributed by atoms with van der Waals surface area (Å²) in [5, 5.41) is 18.3. The van der Waals surface area contributed by atoms with E-state index in [4.69, 9.17) is 9.84 Å². The number of carboxylic acids is 1. The highest BCUT2D eigenvalue weighted by molar-refractivity contribution is 6.10. The molecule has 2 rings (SSSR count). The Labute approximate surface area is 128 Å². The fraction of sp³-hybridized carbons (Fsp3) is 0.176. The van der Waals surface area contributed by atoms with Gasteiger partial charge in [0.05, 0.1) is 7.11 Å². The number of carbonyl (C=O) groups excluding carboxylic acids is 1. The van der Waals surface area contributed by atoms with Crippen LogP contribution in [0.15, 0.2) is 42.5 Å². The third kappa shape index (κ3) is 3.85. The molecule has 0 radical (unpaired) electrons. The SMILES string of the molecule is CC.COc1ccc(C(=O)c2ccc(O)c(C(=O)O)c2)cc1. The van der Waals surface area contributed by atoms with Crippen LogP contribution in [0.2, 0.25) is 0 Å². The van der Waals surface area contributed by atoms with Gasteiger partial charge >= 0.3 is 5.97 Å². The smallest absolute Gasteiger partial charge is 0.339 e. The molecule has 0 bridgehead atoms. The largest absolute Gasteiger partial charge is 0.507 e. The van der Waals surface area contributed by atoms with Crippen LogP contribution in [0.25, 0.3) is 0 Å². The van der Waals surface area contributed by atoms with E-state index in [1.807, 2.05) is 13.8 Å². The highest BCUT2D eigenvalue weighted by atomic mass is 16.5. The van der Waals surface area contributed by atoms with E-state index in [1.54, 1.807) is 24.3 Å². The summed E-state index contributed by atoms with van der Waals surface area (Å²) in [7, 11) is 1.52. The molecule has 0 aliphatic carbocycles. The van der Waals surface area contributed by atoms with Crippen LogP contribution >= 0.6 is 0 Å². The first-order valence-corrected chi connectivity index (χ1v) is 6.78. The maximum atomic E-state index is 12.2. The number of methoxy groups -OCH3 is 1. The Morgan fingerprint density at radius 3 is 2.00 bits per heavy atom. The molecule has 0 spiro atoms. The Hall–Kier alpha value is -2.82. The molecule has 0 saturated heterocycles. The normalized spacial score (nSPS) is 9.41. The molecular weight excluding hydrogens is 284 g/mol. The number of aromatic hydroxyl groups is 1. The van der Waals surface area contributed by atoms with Crippen LogP contribution in [0.3, 0.4) is 0 Å². The zero-order valence-electron chi connectivity index (χ0n) is 12.7. The number of ketones is 1. The molecule has 22 heavy (non-hydrogen) atoms. The predicted molar refractivity (Wildman–Crippen MR) is 82.8 cm³/mol. The van der Waals surface area contributed by atoms with Gasteiger partial charge in [0.15, 0.2) is 5.78 Å². The van der Waals surface area contributed by atoms with E-state index < -0.39 is 5.97 Å². The summed E-state index contributed by atoms with van der Waals surface area (Å²) >= 11 is 0. The fourth-order valence-electron chi connectivity index (χ4n) is 1.76. The number of rotatable bonds is 4. The zero-order chi connectivity index (χ0) is 16.7. The summed E-state index contributed by atoms with van der Waals surface area (Å²) in [6, 6.07) is 10.2. The lowest BCUT2D eigenvalue weighted by Crippen LogP contribution is -2.04. The summed E-state index contributed by atoms with van der Waals surface area (Å²) < 4.78 is 5.00. The molecule has 0 saturated carbocycles. The highest BCUT2D eigenvalue weighted by Crippen LogP contribution is 2.21. The first-order chi connectivity index (χ1) is 10.5. The number of phenols is 1. The van der Waals surface area contributed by atoms with Crippen LogP contribution in [-0.2, 0) is 0 Å². The van der Waals surface area contributed by atoms with Crippen LogP contribution in [0, 0.1) is 0 Å². The van der Waals surface area contributed by atoms with E-state index in [2.05, 4.69) is 0 Å². The summed E-state index contributed by atoms with van der Waals surface area (Å²) in [4.78, 5) is 23.1. The predicted octanol–water partition coefficient (Wildman–Crippen LogP) is 3.36.